The fraction of sp³-hybridized carbons (Fsp3) is 0.346. The predicted octanol–water partition coefficient (Wildman–Crippen LogP) is 6.41. The van der Waals surface area contributed by atoms with E-state index in [4.69, 9.17) is 9.72 Å². The number of aromatic hydroxyl groups is 1. The van der Waals surface area contributed by atoms with Crippen LogP contribution >= 0.6 is 11.3 Å². The van der Waals surface area contributed by atoms with Gasteiger partial charge < -0.3 is 20.3 Å². The number of nitrogens with one attached hydrogen (secondary N) is 1. The van der Waals surface area contributed by atoms with Crippen molar-refractivity contribution >= 4 is 16.5 Å². The molecule has 1 saturated carbocycles. The number of rotatable bonds is 8. The fourth-order valence-corrected chi connectivity index (χ4v) is 5.39. The number of ether oxygens (including phenoxy) is 1. The van der Waals surface area contributed by atoms with Crippen LogP contribution in [0.5, 0.6) is 11.5 Å². The minimum Gasteiger partial charge on any atom is -0.513 e. The van der Waals surface area contributed by atoms with E-state index in [-0.39, 0.29) is 11.7 Å². The van der Waals surface area contributed by atoms with E-state index in [0.717, 1.165) is 64.8 Å². The van der Waals surface area contributed by atoms with Crippen LogP contribution in [0, 0.1) is 11.8 Å². The predicted molar refractivity (Wildman–Crippen MR) is 131 cm³/mol. The Morgan fingerprint density at radius 3 is 2.56 bits per heavy atom. The number of thiazole rings is 1. The van der Waals surface area contributed by atoms with Crippen molar-refractivity contribution in [1.82, 2.24) is 4.98 Å². The lowest BCUT2D eigenvalue weighted by molar-refractivity contribution is 0.242. The molecular formula is C26H30N2O3S. The van der Waals surface area contributed by atoms with Gasteiger partial charge in [0.05, 0.1) is 18.6 Å². The van der Waals surface area contributed by atoms with Gasteiger partial charge in [-0.25, -0.2) is 4.98 Å². The van der Waals surface area contributed by atoms with Crippen molar-refractivity contribution in [3.63, 3.8) is 0 Å². The van der Waals surface area contributed by atoms with Crippen LogP contribution in [0.15, 0.2) is 60.9 Å². The number of hydrogen-bond acceptors (Lipinski definition) is 6. The van der Waals surface area contributed by atoms with Gasteiger partial charge in [0.1, 0.15) is 11.5 Å². The minimum absolute atomic E-state index is 0.230. The summed E-state index contributed by atoms with van der Waals surface area (Å²) in [6.07, 6.45) is 4.80. The zero-order valence-electron chi connectivity index (χ0n) is 18.4. The monoisotopic (exact) mass is 450 g/mol. The highest BCUT2D eigenvalue weighted by Crippen LogP contribution is 2.38. The summed E-state index contributed by atoms with van der Waals surface area (Å²) in [5, 5.41) is 24.5. The summed E-state index contributed by atoms with van der Waals surface area (Å²) in [7, 11) is 1.68. The number of aliphatic hydroxyl groups is 1. The van der Waals surface area contributed by atoms with E-state index in [2.05, 4.69) is 18.0 Å². The largest absolute Gasteiger partial charge is 0.513 e. The van der Waals surface area contributed by atoms with Gasteiger partial charge in [0.2, 0.25) is 0 Å². The van der Waals surface area contributed by atoms with Crippen LogP contribution in [0.25, 0.3) is 11.3 Å². The lowest BCUT2D eigenvalue weighted by Crippen LogP contribution is -2.21. The molecule has 6 heteroatoms. The van der Waals surface area contributed by atoms with Gasteiger partial charge in [0, 0.05) is 29.3 Å². The Bertz CT molecular complexity index is 1070. The van der Waals surface area contributed by atoms with Crippen molar-refractivity contribution < 1.29 is 14.9 Å². The molecule has 2 aromatic carbocycles. The molecule has 5 nitrogen and oxygen atoms in total. The Morgan fingerprint density at radius 1 is 1.12 bits per heavy atom. The third-order valence-corrected chi connectivity index (χ3v) is 7.27. The van der Waals surface area contributed by atoms with Crippen molar-refractivity contribution in [1.29, 1.82) is 0 Å². The molecule has 0 atom stereocenters. The maximum atomic E-state index is 10.5. The summed E-state index contributed by atoms with van der Waals surface area (Å²) in [6, 6.07) is 15.3. The number of hydrogen-bond donors (Lipinski definition) is 3. The second-order valence-electron chi connectivity index (χ2n) is 8.39. The molecule has 0 spiro atoms. The highest BCUT2D eigenvalue weighted by atomic mass is 32.1. The summed E-state index contributed by atoms with van der Waals surface area (Å²) in [5.74, 6) is 2.20. The SMILES string of the molecule is C=C(O)C1CCC(CNc2nc(-c3ccccc3O)c(Cc3ccccc3OC)s2)CC1. The number of anilines is 1. The Hall–Kier alpha value is -2.99. The molecule has 3 N–H and O–H groups in total. The van der Waals surface area contributed by atoms with E-state index in [0.29, 0.717) is 18.1 Å². The van der Waals surface area contributed by atoms with E-state index < -0.39 is 0 Å². The van der Waals surface area contributed by atoms with E-state index >= 15 is 0 Å². The van der Waals surface area contributed by atoms with Crippen LogP contribution in [0.3, 0.4) is 0 Å². The van der Waals surface area contributed by atoms with Crippen LogP contribution in [0.2, 0.25) is 0 Å². The van der Waals surface area contributed by atoms with Gasteiger partial charge in [0.25, 0.3) is 0 Å². The lowest BCUT2D eigenvalue weighted by atomic mass is 9.81. The Kier molecular flexibility index (Phi) is 7.00. The molecule has 168 valence electrons. The number of methoxy groups -OCH3 is 1. The number of para-hydroxylation sites is 2. The van der Waals surface area contributed by atoms with Gasteiger partial charge in [-0.2, -0.15) is 0 Å². The first-order chi connectivity index (χ1) is 15.5. The standard InChI is InChI=1S/C26H30N2O3S/c1-17(29)19-13-11-18(12-14-19)16-27-26-28-25(21-8-4-5-9-22(21)30)24(32-26)15-20-7-3-6-10-23(20)31-2/h3-10,18-19,29-30H,1,11-16H2,2H3,(H,27,28). The van der Waals surface area contributed by atoms with Gasteiger partial charge in [-0.15, -0.1) is 11.3 Å². The molecular weight excluding hydrogens is 420 g/mol. The third kappa shape index (κ3) is 5.07. The van der Waals surface area contributed by atoms with Gasteiger partial charge >= 0.3 is 0 Å². The van der Waals surface area contributed by atoms with E-state index in [1.54, 1.807) is 24.5 Å². The first-order valence-corrected chi connectivity index (χ1v) is 11.9. The van der Waals surface area contributed by atoms with Crippen molar-refractivity contribution in [3.05, 3.63) is 71.3 Å². The maximum absolute atomic E-state index is 10.5. The molecule has 0 saturated heterocycles. The zero-order valence-corrected chi connectivity index (χ0v) is 19.2. The first kappa shape index (κ1) is 22.2. The third-order valence-electron chi connectivity index (χ3n) is 6.26. The van der Waals surface area contributed by atoms with Crippen LogP contribution in [-0.4, -0.2) is 28.9 Å². The van der Waals surface area contributed by atoms with Crippen LogP contribution in [0.1, 0.15) is 36.1 Å². The number of phenols is 1. The maximum Gasteiger partial charge on any atom is 0.183 e. The summed E-state index contributed by atoms with van der Waals surface area (Å²) < 4.78 is 5.54. The van der Waals surface area contributed by atoms with Gasteiger partial charge in [-0.05, 0) is 55.4 Å². The number of benzene rings is 2. The van der Waals surface area contributed by atoms with Crippen molar-refractivity contribution in [2.45, 2.75) is 32.1 Å². The van der Waals surface area contributed by atoms with Crippen LogP contribution in [0.4, 0.5) is 5.13 Å². The average molecular weight is 451 g/mol. The van der Waals surface area contributed by atoms with Gasteiger partial charge in [-0.3, -0.25) is 0 Å². The molecule has 0 bridgehead atoms. The molecule has 1 aromatic heterocycles. The number of allylic oxidation sites excluding steroid dienone is 1. The molecule has 3 aromatic rings. The molecule has 0 unspecified atom stereocenters. The molecule has 0 aliphatic heterocycles. The van der Waals surface area contributed by atoms with Gasteiger partial charge in [0.15, 0.2) is 5.13 Å². The van der Waals surface area contributed by atoms with Crippen LogP contribution < -0.4 is 10.1 Å². The van der Waals surface area contributed by atoms with E-state index in [1.807, 2.05) is 36.4 Å². The Balaban J connectivity index is 1.54. The number of nitrogens with zero attached hydrogens (tertiary/aromatic N) is 1. The topological polar surface area (TPSA) is 74.6 Å². The molecule has 1 heterocycles. The molecule has 0 amide bonds. The average Bonchev–Trinajstić information content (AvgIpc) is 3.21. The molecule has 32 heavy (non-hydrogen) atoms. The number of phenolic OH excluding ortho intramolecular Hbond substituents is 1. The number of aromatic nitrogens is 1. The first-order valence-electron chi connectivity index (χ1n) is 11.1. The molecule has 1 aliphatic rings. The van der Waals surface area contributed by atoms with Crippen molar-refractivity contribution in [2.75, 3.05) is 19.0 Å². The molecule has 0 radical (unpaired) electrons. The second-order valence-corrected chi connectivity index (χ2v) is 9.47. The number of aliphatic hydroxyl groups excluding tert-OH is 1. The fourth-order valence-electron chi connectivity index (χ4n) is 4.38. The highest BCUT2D eigenvalue weighted by Gasteiger charge is 2.23. The summed E-state index contributed by atoms with van der Waals surface area (Å²) >= 11 is 1.63. The summed E-state index contributed by atoms with van der Waals surface area (Å²) in [6.45, 7) is 4.55. The molecule has 4 rings (SSSR count). The summed E-state index contributed by atoms with van der Waals surface area (Å²) in [4.78, 5) is 5.96. The molecule has 1 aliphatic carbocycles. The normalized spacial score (nSPS) is 18.3. The Morgan fingerprint density at radius 2 is 1.84 bits per heavy atom. The second kappa shape index (κ2) is 10.1. The summed E-state index contributed by atoms with van der Waals surface area (Å²) in [5.41, 5.74) is 2.63. The molecule has 1 fully saturated rings. The lowest BCUT2D eigenvalue weighted by Gasteiger charge is -2.27. The Labute approximate surface area is 193 Å². The van der Waals surface area contributed by atoms with E-state index in [1.165, 1.54) is 0 Å². The zero-order chi connectivity index (χ0) is 22.5. The van der Waals surface area contributed by atoms with Crippen LogP contribution in [-0.2, 0) is 6.42 Å². The smallest absolute Gasteiger partial charge is 0.183 e. The quantitative estimate of drug-likeness (QED) is 0.346. The highest BCUT2D eigenvalue weighted by molar-refractivity contribution is 7.16. The van der Waals surface area contributed by atoms with E-state index in [9.17, 15) is 10.2 Å². The minimum atomic E-state index is 0.230. The van der Waals surface area contributed by atoms with Crippen molar-refractivity contribution in [2.24, 2.45) is 11.8 Å². The van der Waals surface area contributed by atoms with Crippen molar-refractivity contribution in [3.8, 4) is 22.8 Å². The van der Waals surface area contributed by atoms with Gasteiger partial charge in [-0.1, -0.05) is 36.9 Å².